The molecule has 0 aromatic carbocycles. The van der Waals surface area contributed by atoms with E-state index in [1.165, 1.54) is 56.3 Å². The maximum atomic E-state index is 13.0. The first kappa shape index (κ1) is 17.6. The summed E-state index contributed by atoms with van der Waals surface area (Å²) in [7, 11) is 0. The summed E-state index contributed by atoms with van der Waals surface area (Å²) in [5.74, 6) is 12.3. The second-order valence-electron chi connectivity index (χ2n) is 7.68. The van der Waals surface area contributed by atoms with Crippen LogP contribution in [-0.4, -0.2) is 5.78 Å². The average molecular weight is 360 g/mol. The van der Waals surface area contributed by atoms with E-state index in [9.17, 15) is 4.79 Å². The van der Waals surface area contributed by atoms with E-state index < -0.39 is 0 Å². The van der Waals surface area contributed by atoms with Crippen LogP contribution in [0.3, 0.4) is 0 Å². The smallest absolute Gasteiger partial charge is 0.141 e. The monoisotopic (exact) mass is 360 g/mol. The zero-order valence-corrected chi connectivity index (χ0v) is 15.3. The molecule has 0 amide bonds. The van der Waals surface area contributed by atoms with Crippen molar-refractivity contribution in [2.24, 2.45) is 0 Å². The van der Waals surface area contributed by atoms with Crippen LogP contribution in [-0.2, 0) is 21.9 Å². The molecule has 10 radical (unpaired) electrons. The van der Waals surface area contributed by atoms with Crippen LogP contribution in [0.15, 0.2) is 0 Å². The van der Waals surface area contributed by atoms with Gasteiger partial charge in [-0.05, 0) is 99.2 Å². The molecule has 4 bridgehead atoms. The Morgan fingerprint density at radius 3 is 1.79 bits per heavy atom. The molecule has 5 aliphatic carbocycles. The van der Waals surface area contributed by atoms with E-state index in [-0.39, 0.29) is 17.1 Å². The van der Waals surface area contributed by atoms with Crippen molar-refractivity contribution in [2.45, 2.75) is 70.6 Å². The molecule has 0 spiro atoms. The van der Waals surface area contributed by atoms with Gasteiger partial charge in [0.2, 0.25) is 0 Å². The predicted molar refractivity (Wildman–Crippen MR) is 90.3 cm³/mol. The van der Waals surface area contributed by atoms with E-state index in [1.807, 2.05) is 0 Å². The molecule has 1 nitrogen and oxygen atoms in total. The van der Waals surface area contributed by atoms with Gasteiger partial charge in [-0.3, -0.25) is 4.79 Å². The summed E-state index contributed by atoms with van der Waals surface area (Å²) in [6.45, 7) is 0. The quantitative estimate of drug-likeness (QED) is 0.561. The molecule has 0 heterocycles. The fourth-order valence-corrected chi connectivity index (χ4v) is 5.36. The van der Waals surface area contributed by atoms with E-state index in [2.05, 4.69) is 12.8 Å². The van der Waals surface area contributed by atoms with Crippen LogP contribution < -0.4 is 0 Å². The summed E-state index contributed by atoms with van der Waals surface area (Å²) in [6.07, 6.45) is 17.2. The standard InChI is InChI=1S/C22H24O.Fe/c23-21-11-10-19-15-5-2-7-17-13-16-6-1-4-14(12-15)18(19)8-3-9-20(16)22(17)21;/h12-13H,1-11H2;. The third kappa shape index (κ3) is 2.84. The molecule has 0 unspecified atom stereocenters. The third-order valence-corrected chi connectivity index (χ3v) is 6.37. The zero-order chi connectivity index (χ0) is 15.4. The third-order valence-electron chi connectivity index (χ3n) is 6.37. The van der Waals surface area contributed by atoms with Gasteiger partial charge in [-0.25, -0.2) is 0 Å². The van der Waals surface area contributed by atoms with Crippen molar-refractivity contribution >= 4 is 5.78 Å². The summed E-state index contributed by atoms with van der Waals surface area (Å²) >= 11 is 0. The van der Waals surface area contributed by atoms with Crippen LogP contribution in [0, 0.1) is 60.2 Å². The van der Waals surface area contributed by atoms with Crippen LogP contribution in [0.25, 0.3) is 0 Å². The van der Waals surface area contributed by atoms with Gasteiger partial charge in [0.25, 0.3) is 0 Å². The molecule has 5 fully saturated rings. The van der Waals surface area contributed by atoms with Crippen LogP contribution in [0.1, 0.15) is 70.6 Å². The molecule has 0 N–H and O–H groups in total. The van der Waals surface area contributed by atoms with Gasteiger partial charge >= 0.3 is 0 Å². The Balaban J connectivity index is 0.00000146. The SMILES string of the molecule is O=C1CC[C]2[C]3[CH][C]4CCC[C]5[CH][C](CCC3)[C]1[C]5CCC[C]42.[Fe]. The van der Waals surface area contributed by atoms with E-state index in [4.69, 9.17) is 0 Å². The molecular formula is C22H24FeO. The first-order valence-corrected chi connectivity index (χ1v) is 9.44. The Labute approximate surface area is 158 Å². The molecular weight excluding hydrogens is 336 g/mol. The fourth-order valence-electron chi connectivity index (χ4n) is 5.36. The van der Waals surface area contributed by atoms with E-state index >= 15 is 0 Å². The van der Waals surface area contributed by atoms with Gasteiger partial charge in [0.15, 0.2) is 0 Å². The predicted octanol–water partition coefficient (Wildman–Crippen LogP) is 4.92. The number of carbonyl (C=O) groups is 1. The summed E-state index contributed by atoms with van der Waals surface area (Å²) in [5.41, 5.74) is 0. The van der Waals surface area contributed by atoms with E-state index in [0.29, 0.717) is 12.2 Å². The van der Waals surface area contributed by atoms with Gasteiger partial charge < -0.3 is 0 Å². The summed E-state index contributed by atoms with van der Waals surface area (Å²) < 4.78 is 0. The zero-order valence-electron chi connectivity index (χ0n) is 14.2. The molecule has 0 atom stereocenters. The minimum atomic E-state index is 0. The molecule has 24 heavy (non-hydrogen) atoms. The Morgan fingerprint density at radius 1 is 0.542 bits per heavy atom. The van der Waals surface area contributed by atoms with Crippen molar-refractivity contribution in [3.8, 4) is 0 Å². The number of ketones is 1. The van der Waals surface area contributed by atoms with Crippen molar-refractivity contribution in [3.05, 3.63) is 60.2 Å². The van der Waals surface area contributed by atoms with E-state index in [0.717, 1.165) is 31.6 Å². The number of hydrogen-bond acceptors (Lipinski definition) is 1. The second kappa shape index (κ2) is 7.07. The molecule has 5 aliphatic rings. The number of carbonyl (C=O) groups excluding carboxylic acids is 1. The molecule has 0 aromatic rings. The van der Waals surface area contributed by atoms with Gasteiger partial charge in [0.1, 0.15) is 5.78 Å². The molecule has 2 heteroatoms. The van der Waals surface area contributed by atoms with Gasteiger partial charge in [-0.1, -0.05) is 19.3 Å². The van der Waals surface area contributed by atoms with Crippen LogP contribution in [0.5, 0.6) is 0 Å². The maximum Gasteiger partial charge on any atom is 0.141 e. The van der Waals surface area contributed by atoms with Crippen molar-refractivity contribution < 1.29 is 21.9 Å². The summed E-state index contributed by atoms with van der Waals surface area (Å²) in [6, 6.07) is 0. The molecule has 5 saturated carbocycles. The first-order chi connectivity index (χ1) is 11.3. The second-order valence-corrected chi connectivity index (χ2v) is 7.68. The Bertz CT molecular complexity index is 475. The fraction of sp³-hybridized carbons (Fsp3) is 0.500. The Hall–Kier alpha value is 0.189. The van der Waals surface area contributed by atoms with Crippen LogP contribution in [0.4, 0.5) is 0 Å². The number of rotatable bonds is 0. The maximum absolute atomic E-state index is 13.0. The Kier molecular flexibility index (Phi) is 5.18. The van der Waals surface area contributed by atoms with Gasteiger partial charge in [-0.15, -0.1) is 0 Å². The van der Waals surface area contributed by atoms with Crippen molar-refractivity contribution in [2.75, 3.05) is 0 Å². The van der Waals surface area contributed by atoms with Crippen molar-refractivity contribution in [1.82, 2.24) is 0 Å². The van der Waals surface area contributed by atoms with Crippen LogP contribution in [0.2, 0.25) is 0 Å². The molecule has 0 aliphatic heterocycles. The van der Waals surface area contributed by atoms with Crippen LogP contribution >= 0.6 is 0 Å². The number of hydrogen-bond donors (Lipinski definition) is 0. The number of Topliss-reactive ketones (excluding diaryl/α,β-unsaturated/α-hetero) is 1. The minimum absolute atomic E-state index is 0. The molecule has 0 saturated heterocycles. The number of fused-ring (bicyclic) bond motifs is 4. The van der Waals surface area contributed by atoms with E-state index in [1.54, 1.807) is 23.7 Å². The normalized spacial score (nSPS) is 32.6. The molecule has 0 aromatic heterocycles. The largest absolute Gasteiger partial charge is 0.299 e. The summed E-state index contributed by atoms with van der Waals surface area (Å²) in [4.78, 5) is 13.0. The summed E-state index contributed by atoms with van der Waals surface area (Å²) in [5, 5.41) is 0. The van der Waals surface area contributed by atoms with Crippen molar-refractivity contribution in [1.29, 1.82) is 0 Å². The van der Waals surface area contributed by atoms with Crippen molar-refractivity contribution in [3.63, 3.8) is 0 Å². The van der Waals surface area contributed by atoms with Gasteiger partial charge in [0.05, 0.1) is 5.92 Å². The first-order valence-electron chi connectivity index (χ1n) is 9.44. The Morgan fingerprint density at radius 2 is 1.04 bits per heavy atom. The average Bonchev–Trinajstić information content (AvgIpc) is 3.06. The molecule has 126 valence electrons. The van der Waals surface area contributed by atoms with Gasteiger partial charge in [-0.2, -0.15) is 0 Å². The molecule has 5 rings (SSSR count). The topological polar surface area (TPSA) is 17.1 Å². The van der Waals surface area contributed by atoms with Gasteiger partial charge in [0, 0.05) is 23.5 Å². The minimum Gasteiger partial charge on any atom is -0.299 e.